The number of aromatic nitrogens is 4. The summed E-state index contributed by atoms with van der Waals surface area (Å²) in [4.78, 5) is 67.3. The van der Waals surface area contributed by atoms with E-state index in [1.807, 2.05) is 19.9 Å². The van der Waals surface area contributed by atoms with Crippen molar-refractivity contribution in [3.05, 3.63) is 68.8 Å². The number of fused-ring (bicyclic) bond motifs is 8. The van der Waals surface area contributed by atoms with Crippen LogP contribution < -0.4 is 10.6 Å². The van der Waals surface area contributed by atoms with Gasteiger partial charge < -0.3 is 30.8 Å². The molecule has 5 rings (SSSR count). The first kappa shape index (κ1) is 37.0. The van der Waals surface area contributed by atoms with Crippen LogP contribution in [0.1, 0.15) is 117 Å². The molecule has 0 spiro atoms. The first-order chi connectivity index (χ1) is 24.1. The summed E-state index contributed by atoms with van der Waals surface area (Å²) in [7, 11) is 0. The largest absolute Gasteiger partial charge is 0.480 e. The van der Waals surface area contributed by atoms with Crippen molar-refractivity contribution >= 4 is 57.0 Å². The normalized spacial score (nSPS) is 16.9. The fourth-order valence-corrected chi connectivity index (χ4v) is 7.28. The molecule has 8 bridgehead atoms. The summed E-state index contributed by atoms with van der Waals surface area (Å²) in [6.45, 7) is 17.0. The van der Waals surface area contributed by atoms with Crippen LogP contribution in [-0.2, 0) is 32.0 Å². The number of carboxylic acids is 2. The molecule has 0 saturated carbocycles. The highest BCUT2D eigenvalue weighted by atomic mass is 16.4. The van der Waals surface area contributed by atoms with Crippen molar-refractivity contribution < 1.29 is 29.4 Å². The van der Waals surface area contributed by atoms with Crippen LogP contribution in [-0.4, -0.2) is 66.0 Å². The van der Waals surface area contributed by atoms with Gasteiger partial charge in [-0.2, -0.15) is 0 Å². The Morgan fingerprint density at radius 2 is 1.33 bits per heavy atom. The molecule has 4 atom stereocenters. The van der Waals surface area contributed by atoms with E-state index in [-0.39, 0.29) is 29.7 Å². The lowest BCUT2D eigenvalue weighted by atomic mass is 9.85. The van der Waals surface area contributed by atoms with Crippen LogP contribution in [0.3, 0.4) is 0 Å². The number of rotatable bonds is 10. The van der Waals surface area contributed by atoms with Gasteiger partial charge in [-0.05, 0) is 112 Å². The van der Waals surface area contributed by atoms with E-state index in [1.54, 1.807) is 0 Å². The molecule has 3 aromatic rings. The number of H-pyrrole nitrogens is 2. The van der Waals surface area contributed by atoms with Gasteiger partial charge in [0.15, 0.2) is 0 Å². The van der Waals surface area contributed by atoms with Gasteiger partial charge in [-0.25, -0.2) is 4.98 Å². The summed E-state index contributed by atoms with van der Waals surface area (Å²) < 4.78 is 0. The molecule has 0 aromatic carbocycles. The fourth-order valence-electron chi connectivity index (χ4n) is 7.28. The number of carboxylic acid groups (broad SMARTS) is 2. The molecule has 0 saturated heterocycles. The number of nitrogens with one attached hydrogen (secondary N) is 4. The summed E-state index contributed by atoms with van der Waals surface area (Å²) in [5.41, 5.74) is 12.3. The molecule has 12 nitrogen and oxygen atoms in total. The Morgan fingerprint density at radius 1 is 0.784 bits per heavy atom. The summed E-state index contributed by atoms with van der Waals surface area (Å²) in [5, 5.41) is 24.1. The third-order valence-electron chi connectivity index (χ3n) is 10.5. The van der Waals surface area contributed by atoms with Crippen LogP contribution in [0, 0.1) is 20.8 Å². The van der Waals surface area contributed by atoms with Crippen molar-refractivity contribution in [3.63, 3.8) is 0 Å². The SMILES string of the molecule is CCc1c(C)c2cc3[nH]c(cc4nc(c(C)c5nc(cc1[nH]2)C(C)=C5C(=O)N[C@@H](C)C(=O)O)C(CCC(=O)NC(C)C(=O)O)C4C)c(C)c3CC. The molecule has 0 radical (unpaired) electrons. The van der Waals surface area contributed by atoms with Crippen LogP contribution in [0.4, 0.5) is 0 Å². The fraction of sp³-hybridized carbons (Fsp3) is 0.436. The van der Waals surface area contributed by atoms with Gasteiger partial charge in [0.25, 0.3) is 5.91 Å². The van der Waals surface area contributed by atoms with Gasteiger partial charge in [0, 0.05) is 51.7 Å². The summed E-state index contributed by atoms with van der Waals surface area (Å²) in [6, 6.07) is 3.97. The maximum absolute atomic E-state index is 13.9. The lowest BCUT2D eigenvalue weighted by Gasteiger charge is -2.18. The quantitative estimate of drug-likeness (QED) is 0.146. The van der Waals surface area contributed by atoms with Crippen molar-refractivity contribution in [2.45, 2.75) is 112 Å². The Morgan fingerprint density at radius 3 is 1.90 bits per heavy atom. The Kier molecular flexibility index (Phi) is 10.5. The van der Waals surface area contributed by atoms with E-state index in [1.165, 1.54) is 19.4 Å². The molecular formula is C39H48N6O6. The average molecular weight is 697 g/mol. The van der Waals surface area contributed by atoms with Crippen LogP contribution in [0.5, 0.6) is 0 Å². The number of aliphatic carboxylic acids is 2. The summed E-state index contributed by atoms with van der Waals surface area (Å²) in [5.74, 6) is -3.62. The van der Waals surface area contributed by atoms with Crippen LogP contribution in [0.2, 0.25) is 0 Å². The average Bonchev–Trinajstić information content (AvgIpc) is 3.76. The van der Waals surface area contributed by atoms with Gasteiger partial charge in [0.1, 0.15) is 12.1 Å². The molecule has 5 heterocycles. The van der Waals surface area contributed by atoms with Crippen molar-refractivity contribution in [1.82, 2.24) is 30.6 Å². The van der Waals surface area contributed by atoms with Gasteiger partial charge in [0.2, 0.25) is 5.91 Å². The molecule has 12 heteroatoms. The second-order valence-electron chi connectivity index (χ2n) is 13.7. The van der Waals surface area contributed by atoms with Gasteiger partial charge in [-0.3, -0.25) is 24.2 Å². The number of aryl methyl sites for hydroxylation is 4. The molecule has 3 aromatic heterocycles. The molecule has 2 aliphatic rings. The molecule has 0 fully saturated rings. The van der Waals surface area contributed by atoms with E-state index in [0.29, 0.717) is 34.6 Å². The van der Waals surface area contributed by atoms with Gasteiger partial charge in [0.05, 0.1) is 17.0 Å². The minimum Gasteiger partial charge on any atom is -0.480 e. The van der Waals surface area contributed by atoms with E-state index in [9.17, 15) is 29.4 Å². The first-order valence-corrected chi connectivity index (χ1v) is 17.6. The number of nitrogens with zero attached hydrogens (tertiary/aromatic N) is 2. The van der Waals surface area contributed by atoms with Gasteiger partial charge in [-0.1, -0.05) is 20.8 Å². The molecule has 2 aliphatic heterocycles. The Balaban J connectivity index is 1.84. The Hall–Kier alpha value is -5.26. The second kappa shape index (κ2) is 14.5. The highest BCUT2D eigenvalue weighted by Gasteiger charge is 2.34. The first-order valence-electron chi connectivity index (χ1n) is 17.6. The summed E-state index contributed by atoms with van der Waals surface area (Å²) >= 11 is 0. The third-order valence-corrected chi connectivity index (χ3v) is 10.5. The van der Waals surface area contributed by atoms with Crippen LogP contribution >= 0.6 is 0 Å². The summed E-state index contributed by atoms with van der Waals surface area (Å²) in [6.07, 6.45) is 2.03. The van der Waals surface area contributed by atoms with E-state index in [4.69, 9.17) is 9.97 Å². The number of amides is 2. The molecular weight excluding hydrogens is 648 g/mol. The van der Waals surface area contributed by atoms with E-state index < -0.39 is 29.9 Å². The predicted molar refractivity (Wildman–Crippen MR) is 197 cm³/mol. The number of hydrogen-bond donors (Lipinski definition) is 6. The van der Waals surface area contributed by atoms with E-state index in [0.717, 1.165) is 57.3 Å². The minimum atomic E-state index is -1.16. The zero-order valence-corrected chi connectivity index (χ0v) is 30.8. The molecule has 2 amide bonds. The number of carbonyl (C=O) groups is 4. The number of aromatic amines is 2. The molecule has 3 unspecified atom stereocenters. The lowest BCUT2D eigenvalue weighted by molar-refractivity contribution is -0.141. The van der Waals surface area contributed by atoms with Crippen molar-refractivity contribution in [1.29, 1.82) is 0 Å². The minimum absolute atomic E-state index is 0.0663. The Labute approximate surface area is 297 Å². The van der Waals surface area contributed by atoms with Crippen molar-refractivity contribution in [2.75, 3.05) is 0 Å². The van der Waals surface area contributed by atoms with Gasteiger partial charge in [-0.15, -0.1) is 0 Å². The zero-order valence-electron chi connectivity index (χ0n) is 30.8. The number of allylic oxidation sites excluding steroid dienone is 1. The van der Waals surface area contributed by atoms with Crippen LogP contribution in [0.25, 0.3) is 33.2 Å². The maximum Gasteiger partial charge on any atom is 0.325 e. The molecule has 51 heavy (non-hydrogen) atoms. The number of carbonyl (C=O) groups excluding carboxylic acids is 2. The predicted octanol–water partition coefficient (Wildman–Crippen LogP) is 6.14. The smallest absolute Gasteiger partial charge is 0.325 e. The lowest BCUT2D eigenvalue weighted by Crippen LogP contribution is -2.38. The highest BCUT2D eigenvalue weighted by Crippen LogP contribution is 2.43. The standard InChI is InChI=1S/C39H48N6O6/c1-10-24-17(3)27-14-29-19(5)26(12-13-33(46)40-22(8)38(48)49)35(44-29)21(7)36-34(37(47)41-23(9)39(50)51)20(6)30(45-36)16-32-25(11-2)18(4)28(43-32)15-31(24)42-27/h14-16,19,22-23,26,42-43H,10-13H2,1-9H3,(H,40,46)(H,41,47)(H,48,49)(H,50,51)/t19?,22?,23-,26?/m0/s1. The van der Waals surface area contributed by atoms with Gasteiger partial charge >= 0.3 is 11.9 Å². The van der Waals surface area contributed by atoms with Crippen molar-refractivity contribution in [3.8, 4) is 0 Å². The molecule has 0 aliphatic carbocycles. The second-order valence-corrected chi connectivity index (χ2v) is 13.7. The monoisotopic (exact) mass is 696 g/mol. The van der Waals surface area contributed by atoms with E-state index in [2.05, 4.69) is 67.4 Å². The molecule has 6 N–H and O–H groups in total. The topological polar surface area (TPSA) is 190 Å². The maximum atomic E-state index is 13.9. The highest BCUT2D eigenvalue weighted by molar-refractivity contribution is 6.28. The van der Waals surface area contributed by atoms with Crippen LogP contribution in [0.15, 0.2) is 18.2 Å². The Bertz CT molecular complexity index is 2140. The zero-order chi connectivity index (χ0) is 37.5. The van der Waals surface area contributed by atoms with E-state index >= 15 is 0 Å². The van der Waals surface area contributed by atoms with Crippen molar-refractivity contribution in [2.24, 2.45) is 0 Å². The number of hydrogen-bond acceptors (Lipinski definition) is 6. The third kappa shape index (κ3) is 7.04. The molecule has 270 valence electrons.